The van der Waals surface area contributed by atoms with E-state index in [1.165, 1.54) is 21.7 Å². The second-order valence-electron chi connectivity index (χ2n) is 5.75. The Morgan fingerprint density at radius 1 is 1.24 bits per heavy atom. The third-order valence-electron chi connectivity index (χ3n) is 4.04. The number of hydrogen-bond donors (Lipinski definition) is 0. The van der Waals surface area contributed by atoms with Crippen molar-refractivity contribution in [2.45, 2.75) is 18.2 Å². The molecule has 1 saturated heterocycles. The van der Waals surface area contributed by atoms with Crippen LogP contribution in [0.3, 0.4) is 0 Å². The number of benzene rings is 1. The molecule has 0 unspecified atom stereocenters. The van der Waals surface area contributed by atoms with Gasteiger partial charge in [0.05, 0.1) is 22.1 Å². The van der Waals surface area contributed by atoms with Crippen LogP contribution < -0.4 is 0 Å². The van der Waals surface area contributed by atoms with E-state index in [0.29, 0.717) is 13.1 Å². The first-order chi connectivity index (χ1) is 11.9. The van der Waals surface area contributed by atoms with Crippen molar-refractivity contribution in [3.05, 3.63) is 45.4 Å². The Bertz CT molecular complexity index is 874. The molecule has 1 aliphatic rings. The van der Waals surface area contributed by atoms with Gasteiger partial charge >= 0.3 is 0 Å². The fourth-order valence-corrected chi connectivity index (χ4v) is 5.26. The predicted octanol–water partition coefficient (Wildman–Crippen LogP) is 2.18. The van der Waals surface area contributed by atoms with Crippen molar-refractivity contribution in [3.63, 3.8) is 0 Å². The average Bonchev–Trinajstić information content (AvgIpc) is 3.00. The summed E-state index contributed by atoms with van der Waals surface area (Å²) in [5, 5.41) is 3.02. The Hall–Kier alpha value is -1.48. The Balaban J connectivity index is 1.63. The zero-order valence-corrected chi connectivity index (χ0v) is 16.1. The minimum absolute atomic E-state index is 0.0277. The van der Waals surface area contributed by atoms with Gasteiger partial charge in [-0.15, -0.1) is 11.3 Å². The number of carbonyl (C=O) groups is 1. The Kier molecular flexibility index (Phi) is 5.43. The fourth-order valence-electron chi connectivity index (χ4n) is 2.73. The number of piperazine rings is 1. The highest BCUT2D eigenvalue weighted by Crippen LogP contribution is 2.25. The first kappa shape index (κ1) is 18.3. The van der Waals surface area contributed by atoms with E-state index in [1.807, 2.05) is 12.3 Å². The molecule has 134 valence electrons. The largest absolute Gasteiger partial charge is 0.340 e. The molecule has 1 aromatic heterocycles. The maximum Gasteiger partial charge on any atom is 0.244 e. The first-order valence-electron chi connectivity index (χ1n) is 7.81. The van der Waals surface area contributed by atoms with Crippen LogP contribution in [0.15, 0.2) is 34.5 Å². The van der Waals surface area contributed by atoms with Crippen molar-refractivity contribution in [1.29, 1.82) is 0 Å². The van der Waals surface area contributed by atoms with Crippen LogP contribution in [-0.4, -0.2) is 54.7 Å². The van der Waals surface area contributed by atoms with Crippen LogP contribution in [0.2, 0.25) is 5.02 Å². The molecule has 2 aromatic rings. The van der Waals surface area contributed by atoms with Gasteiger partial charge in [0.1, 0.15) is 4.90 Å². The summed E-state index contributed by atoms with van der Waals surface area (Å²) in [5.74, 6) is -0.0277. The van der Waals surface area contributed by atoms with E-state index in [9.17, 15) is 13.2 Å². The van der Waals surface area contributed by atoms with E-state index >= 15 is 0 Å². The minimum atomic E-state index is -3.64. The monoisotopic (exact) mass is 399 g/mol. The summed E-state index contributed by atoms with van der Waals surface area (Å²) in [6.45, 7) is 3.15. The number of nitrogens with zero attached hydrogens (tertiary/aromatic N) is 3. The molecule has 1 aromatic carbocycles. The highest BCUT2D eigenvalue weighted by atomic mass is 35.5. The zero-order chi connectivity index (χ0) is 18.0. The van der Waals surface area contributed by atoms with Gasteiger partial charge in [-0.25, -0.2) is 13.4 Å². The van der Waals surface area contributed by atoms with E-state index in [2.05, 4.69) is 4.98 Å². The molecular weight excluding hydrogens is 382 g/mol. The highest BCUT2D eigenvalue weighted by molar-refractivity contribution is 7.89. The van der Waals surface area contributed by atoms with Crippen LogP contribution >= 0.6 is 22.9 Å². The van der Waals surface area contributed by atoms with Crippen LogP contribution in [0.25, 0.3) is 0 Å². The quantitative estimate of drug-likeness (QED) is 0.790. The SMILES string of the molecule is Cc1nc(CC(=O)N2CCN(S(=O)(=O)c3ccccc3Cl)CC2)cs1. The molecule has 0 atom stereocenters. The number of aromatic nitrogens is 1. The second kappa shape index (κ2) is 7.41. The minimum Gasteiger partial charge on any atom is -0.340 e. The molecule has 1 amide bonds. The zero-order valence-electron chi connectivity index (χ0n) is 13.7. The molecular formula is C16H18ClN3O3S2. The van der Waals surface area contributed by atoms with Gasteiger partial charge in [-0.2, -0.15) is 4.31 Å². The molecule has 1 aliphatic heterocycles. The van der Waals surface area contributed by atoms with E-state index in [1.54, 1.807) is 23.1 Å². The summed E-state index contributed by atoms with van der Waals surface area (Å²) in [6.07, 6.45) is 0.252. The van der Waals surface area contributed by atoms with Gasteiger partial charge < -0.3 is 4.90 Å². The standard InChI is InChI=1S/C16H18ClN3O3S2/c1-12-18-13(11-24-12)10-16(21)19-6-8-20(9-7-19)25(22,23)15-5-3-2-4-14(15)17/h2-5,11H,6-10H2,1H3. The molecule has 1 fully saturated rings. The number of aryl methyl sites for hydroxylation is 1. The van der Waals surface area contributed by atoms with Crippen molar-refractivity contribution >= 4 is 38.9 Å². The topological polar surface area (TPSA) is 70.6 Å². The van der Waals surface area contributed by atoms with Crippen molar-refractivity contribution < 1.29 is 13.2 Å². The third-order valence-corrected chi connectivity index (χ3v) is 7.27. The summed E-state index contributed by atoms with van der Waals surface area (Å²) < 4.78 is 26.8. The predicted molar refractivity (Wildman–Crippen MR) is 97.3 cm³/mol. The number of hydrogen-bond acceptors (Lipinski definition) is 5. The molecule has 3 rings (SSSR count). The Morgan fingerprint density at radius 3 is 2.52 bits per heavy atom. The second-order valence-corrected chi connectivity index (χ2v) is 9.13. The molecule has 0 bridgehead atoms. The summed E-state index contributed by atoms with van der Waals surface area (Å²) in [7, 11) is -3.64. The van der Waals surface area contributed by atoms with Crippen molar-refractivity contribution in [3.8, 4) is 0 Å². The maximum absolute atomic E-state index is 12.7. The van der Waals surface area contributed by atoms with Crippen LogP contribution in [0, 0.1) is 6.92 Å². The highest BCUT2D eigenvalue weighted by Gasteiger charge is 2.31. The lowest BCUT2D eigenvalue weighted by molar-refractivity contribution is -0.131. The number of thiazole rings is 1. The normalized spacial score (nSPS) is 16.2. The molecule has 0 spiro atoms. The lowest BCUT2D eigenvalue weighted by Gasteiger charge is -2.34. The van der Waals surface area contributed by atoms with Gasteiger partial charge in [-0.1, -0.05) is 23.7 Å². The molecule has 9 heteroatoms. The summed E-state index contributed by atoms with van der Waals surface area (Å²) in [4.78, 5) is 18.5. The summed E-state index contributed by atoms with van der Waals surface area (Å²) >= 11 is 7.54. The lowest BCUT2D eigenvalue weighted by atomic mass is 10.2. The molecule has 0 radical (unpaired) electrons. The molecule has 25 heavy (non-hydrogen) atoms. The fraction of sp³-hybridized carbons (Fsp3) is 0.375. The van der Waals surface area contributed by atoms with Crippen molar-refractivity contribution in [2.24, 2.45) is 0 Å². The smallest absolute Gasteiger partial charge is 0.244 e. The van der Waals surface area contributed by atoms with Crippen molar-refractivity contribution in [2.75, 3.05) is 26.2 Å². The molecule has 2 heterocycles. The molecule has 0 aliphatic carbocycles. The van der Waals surface area contributed by atoms with Gasteiger partial charge in [-0.05, 0) is 19.1 Å². The Labute approximate surface area is 156 Å². The number of halogens is 1. The van der Waals surface area contributed by atoms with Crippen molar-refractivity contribution in [1.82, 2.24) is 14.2 Å². The number of rotatable bonds is 4. The number of carbonyl (C=O) groups excluding carboxylic acids is 1. The van der Waals surface area contributed by atoms with Crippen LogP contribution in [0.5, 0.6) is 0 Å². The van der Waals surface area contributed by atoms with Gasteiger partial charge in [0.25, 0.3) is 0 Å². The van der Waals surface area contributed by atoms with Crippen LogP contribution in [-0.2, 0) is 21.2 Å². The van der Waals surface area contributed by atoms with Crippen LogP contribution in [0.4, 0.5) is 0 Å². The first-order valence-corrected chi connectivity index (χ1v) is 10.5. The van der Waals surface area contributed by atoms with Gasteiger partial charge in [0.2, 0.25) is 15.9 Å². The lowest BCUT2D eigenvalue weighted by Crippen LogP contribution is -2.50. The third kappa shape index (κ3) is 4.03. The van der Waals surface area contributed by atoms with E-state index in [4.69, 9.17) is 11.6 Å². The molecule has 6 nitrogen and oxygen atoms in total. The van der Waals surface area contributed by atoms with Gasteiger partial charge in [0.15, 0.2) is 0 Å². The van der Waals surface area contributed by atoms with Crippen LogP contribution in [0.1, 0.15) is 10.7 Å². The van der Waals surface area contributed by atoms with Gasteiger partial charge in [0, 0.05) is 31.6 Å². The molecule has 0 saturated carbocycles. The van der Waals surface area contributed by atoms with E-state index < -0.39 is 10.0 Å². The van der Waals surface area contributed by atoms with E-state index in [0.717, 1.165) is 10.7 Å². The van der Waals surface area contributed by atoms with E-state index in [-0.39, 0.29) is 35.3 Å². The summed E-state index contributed by atoms with van der Waals surface area (Å²) in [5.41, 5.74) is 0.763. The van der Waals surface area contributed by atoms with Gasteiger partial charge in [-0.3, -0.25) is 4.79 Å². The Morgan fingerprint density at radius 2 is 1.92 bits per heavy atom. The summed E-state index contributed by atoms with van der Waals surface area (Å²) in [6, 6.07) is 6.40. The number of sulfonamides is 1. The maximum atomic E-state index is 12.7. The number of amides is 1. The molecule has 0 N–H and O–H groups in total. The average molecular weight is 400 g/mol.